The number of rotatable bonds is 13. The number of carbonyl (C=O) groups excluding carboxylic acids is 3. The number of aliphatic hydroxyl groups excluding tert-OH is 1. The molecule has 3 amide bonds. The molecule has 15 heteroatoms. The normalized spacial score (nSPS) is 12.6. The number of nitrogens with one attached hydrogen (secondary N) is 3. The van der Waals surface area contributed by atoms with E-state index in [0.717, 1.165) is 0 Å². The quantitative estimate of drug-likeness (QED) is 0.101. The number of aliphatic carboxylic acids is 1. The molecule has 0 heterocycles. The van der Waals surface area contributed by atoms with Crippen molar-refractivity contribution in [3.8, 4) is 17.2 Å². The van der Waals surface area contributed by atoms with E-state index in [9.17, 15) is 29.4 Å². The molecule has 2 aromatic carbocycles. The summed E-state index contributed by atoms with van der Waals surface area (Å²) in [4.78, 5) is 49.0. The first-order valence-electron chi connectivity index (χ1n) is 12.5. The predicted octanol–water partition coefficient (Wildman–Crippen LogP) is 1.53. The van der Waals surface area contributed by atoms with Crippen molar-refractivity contribution in [2.75, 3.05) is 20.3 Å². The summed E-state index contributed by atoms with van der Waals surface area (Å²) in [6.07, 6.45) is 0.369. The van der Waals surface area contributed by atoms with Gasteiger partial charge < -0.3 is 40.2 Å². The maximum absolute atomic E-state index is 13.1. The monoisotopic (exact) mass is 700 g/mol. The minimum atomic E-state index is -1.41. The summed E-state index contributed by atoms with van der Waals surface area (Å²) in [5.41, 5.74) is 2.59. The molecule has 0 aliphatic heterocycles. The second-order valence-corrected chi connectivity index (χ2v) is 10.9. The van der Waals surface area contributed by atoms with Gasteiger partial charge in [-0.25, -0.2) is 15.0 Å². The molecule has 0 unspecified atom stereocenters. The van der Waals surface area contributed by atoms with Gasteiger partial charge in [-0.1, -0.05) is 12.1 Å². The van der Waals surface area contributed by atoms with Gasteiger partial charge in [0.05, 0.1) is 23.5 Å². The first-order chi connectivity index (χ1) is 19.7. The number of nitrogens with zero attached hydrogens (tertiary/aromatic N) is 1. The van der Waals surface area contributed by atoms with Crippen molar-refractivity contribution in [2.45, 2.75) is 44.9 Å². The van der Waals surface area contributed by atoms with E-state index < -0.39 is 54.8 Å². The lowest BCUT2D eigenvalue weighted by atomic mass is 10.0. The molecule has 0 saturated heterocycles. The summed E-state index contributed by atoms with van der Waals surface area (Å²) in [5.74, 6) is -2.22. The van der Waals surface area contributed by atoms with E-state index >= 15 is 0 Å². The average molecular weight is 700 g/mol. The maximum atomic E-state index is 13.1. The highest BCUT2D eigenvalue weighted by Gasteiger charge is 2.28. The molecule has 0 bridgehead atoms. The van der Waals surface area contributed by atoms with Crippen molar-refractivity contribution < 1.29 is 48.7 Å². The topological polar surface area (TPSA) is 205 Å². The van der Waals surface area contributed by atoms with Crippen molar-refractivity contribution in [2.24, 2.45) is 5.10 Å². The van der Waals surface area contributed by atoms with E-state index in [1.165, 1.54) is 31.5 Å². The number of halogens is 1. The molecule has 2 rings (SSSR count). The van der Waals surface area contributed by atoms with Gasteiger partial charge in [-0.3, -0.25) is 9.59 Å². The van der Waals surface area contributed by atoms with Gasteiger partial charge in [0.1, 0.15) is 23.4 Å². The first kappa shape index (κ1) is 34.1. The molecule has 0 saturated carbocycles. The van der Waals surface area contributed by atoms with E-state index in [0.29, 0.717) is 14.7 Å². The molecule has 0 aliphatic rings. The number of phenols is 1. The Morgan fingerprint density at radius 2 is 1.71 bits per heavy atom. The Morgan fingerprint density at radius 1 is 1.05 bits per heavy atom. The fourth-order valence-corrected chi connectivity index (χ4v) is 4.11. The highest BCUT2D eigenvalue weighted by molar-refractivity contribution is 14.1. The van der Waals surface area contributed by atoms with E-state index in [1.807, 2.05) is 22.6 Å². The molecule has 0 fully saturated rings. The number of phenolic OH excluding ortho intramolecular Hbond substituents is 1. The number of carboxylic acids is 1. The van der Waals surface area contributed by atoms with Crippen LogP contribution in [0.5, 0.6) is 17.2 Å². The Balaban J connectivity index is 2.20. The number of carboxylic acid groups (broad SMARTS) is 1. The van der Waals surface area contributed by atoms with Gasteiger partial charge in [0.25, 0.3) is 5.91 Å². The molecular weight excluding hydrogens is 667 g/mol. The SMILES string of the molecule is COc1cc(/C=N\NC(=O)[C@H](Cc2ccc(O)cc2)NC(=O)[C@H](CO)NC(=O)OC(C)(C)C)cc(I)c1OCC(=O)O. The summed E-state index contributed by atoms with van der Waals surface area (Å²) in [7, 11) is 1.38. The first-order valence-corrected chi connectivity index (χ1v) is 13.5. The van der Waals surface area contributed by atoms with Crippen molar-refractivity contribution in [1.82, 2.24) is 16.1 Å². The lowest BCUT2D eigenvalue weighted by molar-refractivity contribution is -0.139. The van der Waals surface area contributed by atoms with Crippen LogP contribution in [0.4, 0.5) is 4.79 Å². The van der Waals surface area contributed by atoms with Gasteiger partial charge in [0.15, 0.2) is 18.1 Å². The highest BCUT2D eigenvalue weighted by atomic mass is 127. The Labute approximate surface area is 255 Å². The Morgan fingerprint density at radius 3 is 2.29 bits per heavy atom. The summed E-state index contributed by atoms with van der Waals surface area (Å²) in [5, 5.41) is 36.9. The third-order valence-corrected chi connectivity index (χ3v) is 5.98. The van der Waals surface area contributed by atoms with Gasteiger partial charge in [-0.15, -0.1) is 0 Å². The van der Waals surface area contributed by atoms with Crippen LogP contribution in [0, 0.1) is 3.57 Å². The maximum Gasteiger partial charge on any atom is 0.408 e. The van der Waals surface area contributed by atoms with Gasteiger partial charge >= 0.3 is 12.1 Å². The van der Waals surface area contributed by atoms with Gasteiger partial charge in [0, 0.05) is 6.42 Å². The number of ether oxygens (including phenoxy) is 3. The highest BCUT2D eigenvalue weighted by Crippen LogP contribution is 2.33. The molecule has 0 aromatic heterocycles. The smallest absolute Gasteiger partial charge is 0.408 e. The number of aromatic hydroxyl groups is 1. The van der Waals surface area contributed by atoms with Crippen LogP contribution in [0.15, 0.2) is 41.5 Å². The van der Waals surface area contributed by atoms with Crippen LogP contribution in [0.25, 0.3) is 0 Å². The molecular formula is C27H33IN4O10. The Hall–Kier alpha value is -4.12. The Bertz CT molecular complexity index is 1300. The van der Waals surface area contributed by atoms with E-state index in [1.54, 1.807) is 39.0 Å². The lowest BCUT2D eigenvalue weighted by Gasteiger charge is -2.24. The summed E-state index contributed by atoms with van der Waals surface area (Å²) in [6, 6.07) is 6.52. The summed E-state index contributed by atoms with van der Waals surface area (Å²) < 4.78 is 16.2. The number of amides is 3. The predicted molar refractivity (Wildman–Crippen MR) is 159 cm³/mol. The van der Waals surface area contributed by atoms with Crippen molar-refractivity contribution in [3.63, 3.8) is 0 Å². The van der Waals surface area contributed by atoms with Gasteiger partial charge in [-0.2, -0.15) is 5.10 Å². The average Bonchev–Trinajstić information content (AvgIpc) is 2.90. The number of hydrogen-bond acceptors (Lipinski definition) is 10. The summed E-state index contributed by atoms with van der Waals surface area (Å²) in [6.45, 7) is 3.59. The largest absolute Gasteiger partial charge is 0.508 e. The fraction of sp³-hybridized carbons (Fsp3) is 0.370. The number of methoxy groups -OCH3 is 1. The number of carbonyl (C=O) groups is 4. The second-order valence-electron chi connectivity index (χ2n) is 9.76. The molecule has 6 N–H and O–H groups in total. The number of aliphatic hydroxyl groups is 1. The standard InChI is InChI=1S/C27H33IN4O10/c1-27(2,3)42-26(39)31-20(13-33)24(37)30-19(10-15-5-7-17(34)8-6-15)25(38)32-29-12-16-9-18(28)23(21(11-16)40-4)41-14-22(35)36/h5-9,11-12,19-20,33-34H,10,13-14H2,1-4H3,(H,30,37)(H,31,39)(H,32,38)(H,35,36)/b29-12-/t19-,20-/m0/s1. The van der Waals surface area contributed by atoms with E-state index in [4.69, 9.17) is 19.3 Å². The van der Waals surface area contributed by atoms with Crippen molar-refractivity contribution >= 4 is 52.7 Å². The van der Waals surface area contributed by atoms with Crippen LogP contribution < -0.4 is 25.5 Å². The molecule has 228 valence electrons. The van der Waals surface area contributed by atoms with E-state index in [-0.39, 0.29) is 23.7 Å². The zero-order valence-electron chi connectivity index (χ0n) is 23.3. The number of alkyl carbamates (subject to hydrolysis) is 1. The number of hydrogen-bond donors (Lipinski definition) is 6. The molecule has 0 aliphatic carbocycles. The molecule has 2 aromatic rings. The number of hydrazone groups is 1. The van der Waals surface area contributed by atoms with Crippen LogP contribution in [0.1, 0.15) is 31.9 Å². The van der Waals surface area contributed by atoms with Crippen molar-refractivity contribution in [1.29, 1.82) is 0 Å². The zero-order chi connectivity index (χ0) is 31.4. The fourth-order valence-electron chi connectivity index (χ4n) is 3.33. The minimum absolute atomic E-state index is 0.0136. The minimum Gasteiger partial charge on any atom is -0.508 e. The molecule has 0 spiro atoms. The van der Waals surface area contributed by atoms with Crippen LogP contribution in [0.2, 0.25) is 0 Å². The summed E-state index contributed by atoms with van der Waals surface area (Å²) >= 11 is 1.94. The molecule has 14 nitrogen and oxygen atoms in total. The second kappa shape index (κ2) is 15.8. The molecule has 2 atom stereocenters. The van der Waals surface area contributed by atoms with Gasteiger partial charge in [-0.05, 0) is 78.8 Å². The number of benzene rings is 2. The lowest BCUT2D eigenvalue weighted by Crippen LogP contribution is -2.55. The van der Waals surface area contributed by atoms with Gasteiger partial charge in [0.2, 0.25) is 5.91 Å². The third kappa shape index (κ3) is 11.4. The third-order valence-electron chi connectivity index (χ3n) is 5.18. The van der Waals surface area contributed by atoms with E-state index in [2.05, 4.69) is 21.2 Å². The van der Waals surface area contributed by atoms with Crippen LogP contribution >= 0.6 is 22.6 Å². The molecule has 0 radical (unpaired) electrons. The van der Waals surface area contributed by atoms with Crippen molar-refractivity contribution in [3.05, 3.63) is 51.1 Å². The molecule has 42 heavy (non-hydrogen) atoms. The van der Waals surface area contributed by atoms with Crippen LogP contribution in [0.3, 0.4) is 0 Å². The zero-order valence-corrected chi connectivity index (χ0v) is 25.5. The van der Waals surface area contributed by atoms with Crippen LogP contribution in [-0.2, 0) is 25.5 Å². The Kier molecular flexibility index (Phi) is 12.8. The van der Waals surface area contributed by atoms with Crippen LogP contribution in [-0.4, -0.2) is 83.4 Å².